The van der Waals surface area contributed by atoms with Crippen LogP contribution in [0.15, 0.2) is 48.5 Å². The number of methoxy groups -OCH3 is 1. The Bertz CT molecular complexity index is 1060. The predicted molar refractivity (Wildman–Crippen MR) is 130 cm³/mol. The van der Waals surface area contributed by atoms with Crippen LogP contribution in [-0.4, -0.2) is 86.5 Å². The van der Waals surface area contributed by atoms with E-state index in [1.807, 2.05) is 24.3 Å². The second-order valence-electron chi connectivity index (χ2n) is 8.59. The number of benzene rings is 2. The molecule has 9 nitrogen and oxygen atoms in total. The first kappa shape index (κ1) is 24.5. The lowest BCUT2D eigenvalue weighted by atomic mass is 10.1. The number of ether oxygens (including phenoxy) is 1. The number of hydrogen-bond acceptors (Lipinski definition) is 6. The minimum absolute atomic E-state index is 0.170. The molecule has 2 aliphatic rings. The number of carbonyl (C=O) groups is 3. The van der Waals surface area contributed by atoms with E-state index in [0.29, 0.717) is 31.9 Å². The third-order valence-corrected chi connectivity index (χ3v) is 6.31. The zero-order valence-electron chi connectivity index (χ0n) is 19.7. The summed E-state index contributed by atoms with van der Waals surface area (Å²) in [4.78, 5) is 44.0. The van der Waals surface area contributed by atoms with Crippen molar-refractivity contribution < 1.29 is 23.5 Å². The van der Waals surface area contributed by atoms with Crippen LogP contribution in [0, 0.1) is 5.82 Å². The van der Waals surface area contributed by atoms with E-state index in [9.17, 15) is 18.8 Å². The molecule has 0 aliphatic carbocycles. The van der Waals surface area contributed by atoms with Crippen LogP contribution in [0.5, 0.6) is 5.75 Å². The van der Waals surface area contributed by atoms with E-state index in [1.165, 1.54) is 29.2 Å². The fourth-order valence-corrected chi connectivity index (χ4v) is 4.46. The van der Waals surface area contributed by atoms with Crippen molar-refractivity contribution in [1.29, 1.82) is 0 Å². The molecule has 1 atom stereocenters. The Hall–Kier alpha value is -3.66. The molecule has 3 amide bonds. The maximum Gasteiger partial charge on any atom is 0.243 e. The molecule has 2 saturated heterocycles. The molecule has 0 radical (unpaired) electrons. The fourth-order valence-electron chi connectivity index (χ4n) is 4.46. The quantitative estimate of drug-likeness (QED) is 0.617. The van der Waals surface area contributed by atoms with Crippen molar-refractivity contribution in [2.24, 2.45) is 0 Å². The summed E-state index contributed by atoms with van der Waals surface area (Å²) < 4.78 is 18.6. The summed E-state index contributed by atoms with van der Waals surface area (Å²) in [7, 11) is 1.65. The third-order valence-electron chi connectivity index (χ3n) is 6.31. The summed E-state index contributed by atoms with van der Waals surface area (Å²) in [6, 6.07) is 12.4. The van der Waals surface area contributed by atoms with Crippen LogP contribution in [0.4, 0.5) is 15.8 Å². The Kier molecular flexibility index (Phi) is 7.81. The molecule has 2 fully saturated rings. The van der Waals surface area contributed by atoms with Crippen LogP contribution < -0.4 is 20.3 Å². The largest absolute Gasteiger partial charge is 0.495 e. The van der Waals surface area contributed by atoms with Crippen molar-refractivity contribution >= 4 is 29.1 Å². The Morgan fingerprint density at radius 1 is 1.06 bits per heavy atom. The van der Waals surface area contributed by atoms with E-state index >= 15 is 0 Å². The molecular weight excluding hydrogens is 453 g/mol. The van der Waals surface area contributed by atoms with Crippen molar-refractivity contribution in [2.75, 3.05) is 63.1 Å². The molecule has 35 heavy (non-hydrogen) atoms. The standard InChI is InChI=1S/C25H30FN5O4/c1-35-22-5-3-2-4-20(22)30-14-12-29(13-15-30)17-24(33)31-11-10-27-25(34)21(31)16-23(32)28-19-8-6-18(26)7-9-19/h2-9,21H,10-17H2,1H3,(H,27,34)(H,28,32). The number of amides is 3. The average Bonchev–Trinajstić information content (AvgIpc) is 2.87. The SMILES string of the molecule is COc1ccccc1N1CCN(CC(=O)N2CCNC(=O)C2CC(=O)Nc2ccc(F)cc2)CC1. The van der Waals surface area contributed by atoms with E-state index in [1.54, 1.807) is 7.11 Å². The van der Waals surface area contributed by atoms with Crippen LogP contribution in [0.1, 0.15) is 6.42 Å². The lowest BCUT2D eigenvalue weighted by Gasteiger charge is -2.39. The number of para-hydroxylation sites is 2. The number of hydrogen-bond donors (Lipinski definition) is 2. The summed E-state index contributed by atoms with van der Waals surface area (Å²) in [6.45, 7) is 3.76. The predicted octanol–water partition coefficient (Wildman–Crippen LogP) is 1.31. The number of rotatable bonds is 7. The first-order valence-electron chi connectivity index (χ1n) is 11.7. The van der Waals surface area contributed by atoms with Gasteiger partial charge in [0.05, 0.1) is 25.8 Å². The number of nitrogens with zero attached hydrogens (tertiary/aromatic N) is 3. The minimum atomic E-state index is -0.883. The van der Waals surface area contributed by atoms with Gasteiger partial charge in [0.2, 0.25) is 17.7 Å². The number of anilines is 2. The van der Waals surface area contributed by atoms with Gasteiger partial charge in [-0.15, -0.1) is 0 Å². The molecule has 0 aromatic heterocycles. The Morgan fingerprint density at radius 2 is 1.77 bits per heavy atom. The zero-order chi connectivity index (χ0) is 24.8. The van der Waals surface area contributed by atoms with E-state index in [2.05, 4.69) is 20.4 Å². The summed E-state index contributed by atoms with van der Waals surface area (Å²) >= 11 is 0. The van der Waals surface area contributed by atoms with Gasteiger partial charge in [0.1, 0.15) is 17.6 Å². The van der Waals surface area contributed by atoms with Crippen molar-refractivity contribution in [1.82, 2.24) is 15.1 Å². The minimum Gasteiger partial charge on any atom is -0.495 e. The van der Waals surface area contributed by atoms with Crippen LogP contribution in [0.25, 0.3) is 0 Å². The van der Waals surface area contributed by atoms with Crippen LogP contribution in [0.2, 0.25) is 0 Å². The highest BCUT2D eigenvalue weighted by molar-refractivity contribution is 5.97. The number of nitrogens with one attached hydrogen (secondary N) is 2. The van der Waals surface area contributed by atoms with Gasteiger partial charge in [0.15, 0.2) is 0 Å². The Balaban J connectivity index is 1.33. The van der Waals surface area contributed by atoms with Crippen LogP contribution >= 0.6 is 0 Å². The maximum absolute atomic E-state index is 13.1. The molecule has 0 spiro atoms. The van der Waals surface area contributed by atoms with E-state index < -0.39 is 17.8 Å². The Morgan fingerprint density at radius 3 is 2.49 bits per heavy atom. The van der Waals surface area contributed by atoms with Gasteiger partial charge in [-0.2, -0.15) is 0 Å². The van der Waals surface area contributed by atoms with E-state index in [0.717, 1.165) is 24.5 Å². The van der Waals surface area contributed by atoms with Crippen LogP contribution in [0.3, 0.4) is 0 Å². The lowest BCUT2D eigenvalue weighted by molar-refractivity contribution is -0.145. The third kappa shape index (κ3) is 6.07. The molecule has 0 bridgehead atoms. The summed E-state index contributed by atoms with van der Waals surface area (Å²) in [5.74, 6) is -0.528. The van der Waals surface area contributed by atoms with Crippen LogP contribution in [-0.2, 0) is 14.4 Å². The second-order valence-corrected chi connectivity index (χ2v) is 8.59. The molecule has 2 aliphatic heterocycles. The Labute approximate surface area is 203 Å². The molecule has 2 N–H and O–H groups in total. The molecule has 0 saturated carbocycles. The molecule has 4 rings (SSSR count). The molecule has 10 heteroatoms. The van der Waals surface area contributed by atoms with E-state index in [4.69, 9.17) is 4.74 Å². The molecule has 2 heterocycles. The summed E-state index contributed by atoms with van der Waals surface area (Å²) in [6.07, 6.45) is -0.170. The van der Waals surface area contributed by atoms with Gasteiger partial charge in [-0.05, 0) is 36.4 Å². The molecule has 186 valence electrons. The van der Waals surface area contributed by atoms with Crippen molar-refractivity contribution in [3.8, 4) is 5.75 Å². The number of piperazine rings is 2. The van der Waals surface area contributed by atoms with Gasteiger partial charge in [-0.1, -0.05) is 12.1 Å². The number of halogens is 1. The summed E-state index contributed by atoms with van der Waals surface area (Å²) in [5, 5.41) is 5.40. The first-order valence-corrected chi connectivity index (χ1v) is 11.7. The number of carbonyl (C=O) groups excluding carboxylic acids is 3. The highest BCUT2D eigenvalue weighted by Crippen LogP contribution is 2.28. The zero-order valence-corrected chi connectivity index (χ0v) is 19.7. The monoisotopic (exact) mass is 483 g/mol. The van der Waals surface area contributed by atoms with E-state index in [-0.39, 0.29) is 24.8 Å². The molecular formula is C25H30FN5O4. The topological polar surface area (TPSA) is 94.2 Å². The van der Waals surface area contributed by atoms with Gasteiger partial charge in [0.25, 0.3) is 0 Å². The van der Waals surface area contributed by atoms with Gasteiger partial charge in [-0.3, -0.25) is 19.3 Å². The van der Waals surface area contributed by atoms with Crippen molar-refractivity contribution in [3.63, 3.8) is 0 Å². The highest BCUT2D eigenvalue weighted by atomic mass is 19.1. The van der Waals surface area contributed by atoms with Gasteiger partial charge < -0.3 is 25.2 Å². The summed E-state index contributed by atoms with van der Waals surface area (Å²) in [5.41, 5.74) is 1.46. The maximum atomic E-state index is 13.1. The highest BCUT2D eigenvalue weighted by Gasteiger charge is 2.35. The van der Waals surface area contributed by atoms with Crippen molar-refractivity contribution in [3.05, 3.63) is 54.3 Å². The van der Waals surface area contributed by atoms with Gasteiger partial charge >= 0.3 is 0 Å². The molecule has 2 aromatic carbocycles. The lowest BCUT2D eigenvalue weighted by Crippen LogP contribution is -2.60. The van der Waals surface area contributed by atoms with Gasteiger partial charge in [0, 0.05) is 45.0 Å². The first-order chi connectivity index (χ1) is 16.9. The molecule has 1 unspecified atom stereocenters. The van der Waals surface area contributed by atoms with Gasteiger partial charge in [-0.25, -0.2) is 4.39 Å². The molecule has 2 aromatic rings. The average molecular weight is 484 g/mol. The fraction of sp³-hybridized carbons (Fsp3) is 0.400. The normalized spacial score (nSPS) is 18.7. The second kappa shape index (κ2) is 11.2. The van der Waals surface area contributed by atoms with Crippen molar-refractivity contribution in [2.45, 2.75) is 12.5 Å². The smallest absolute Gasteiger partial charge is 0.243 e.